The molecule has 2 unspecified atom stereocenters. The number of likely N-dealkylation sites (N-methyl/N-ethyl adjacent to an activating group) is 2. The van der Waals surface area contributed by atoms with E-state index < -0.39 is 0 Å². The van der Waals surface area contributed by atoms with Gasteiger partial charge in [-0.3, -0.25) is 14.8 Å². The summed E-state index contributed by atoms with van der Waals surface area (Å²) in [6, 6.07) is 1.07. The Balaban J connectivity index is 2.31. The lowest BCUT2D eigenvalue weighted by Gasteiger charge is -2.25. The highest BCUT2D eigenvalue weighted by atomic mass is 15.2. The molecule has 1 fully saturated rings. The zero-order valence-electron chi connectivity index (χ0n) is 13.7. The molecule has 2 atom stereocenters. The molecule has 0 radical (unpaired) electrons. The van der Waals surface area contributed by atoms with Crippen LogP contribution in [0.25, 0.3) is 0 Å². The van der Waals surface area contributed by atoms with Gasteiger partial charge in [0, 0.05) is 18.6 Å². The van der Waals surface area contributed by atoms with E-state index >= 15 is 0 Å². The molecule has 20 heavy (non-hydrogen) atoms. The van der Waals surface area contributed by atoms with Gasteiger partial charge in [0.25, 0.3) is 0 Å². The standard InChI is InChI=1S/C15H33N5/c1-5-19(6-2)13(4)11-17-15(16)18-12-14-9-8-10-20(14)7-3/h13-14H,5-12H2,1-4H3,(H3,16,17,18). The predicted octanol–water partition coefficient (Wildman–Crippen LogP) is 1.11. The van der Waals surface area contributed by atoms with Gasteiger partial charge >= 0.3 is 0 Å². The Morgan fingerprint density at radius 2 is 2.10 bits per heavy atom. The maximum Gasteiger partial charge on any atom is 0.188 e. The lowest BCUT2D eigenvalue weighted by atomic mass is 10.2. The fourth-order valence-electron chi connectivity index (χ4n) is 3.01. The molecular weight excluding hydrogens is 250 g/mol. The predicted molar refractivity (Wildman–Crippen MR) is 87.1 cm³/mol. The second kappa shape index (κ2) is 9.19. The van der Waals surface area contributed by atoms with Gasteiger partial charge in [0.15, 0.2) is 5.96 Å². The van der Waals surface area contributed by atoms with E-state index in [1.54, 1.807) is 0 Å². The van der Waals surface area contributed by atoms with Crippen molar-refractivity contribution in [2.75, 3.05) is 39.3 Å². The monoisotopic (exact) mass is 283 g/mol. The maximum atomic E-state index is 5.97. The molecule has 0 bridgehead atoms. The molecule has 0 aromatic heterocycles. The number of nitrogens with zero attached hydrogens (tertiary/aromatic N) is 3. The van der Waals surface area contributed by atoms with E-state index in [0.29, 0.717) is 18.0 Å². The highest BCUT2D eigenvalue weighted by Gasteiger charge is 2.22. The molecule has 0 aliphatic carbocycles. The third-order valence-corrected chi connectivity index (χ3v) is 4.39. The quantitative estimate of drug-likeness (QED) is 0.517. The summed E-state index contributed by atoms with van der Waals surface area (Å²) in [5.74, 6) is 0.590. The Bertz CT molecular complexity index is 288. The number of nitrogens with two attached hydrogens (primary N) is 1. The number of rotatable bonds is 8. The first kappa shape index (κ1) is 17.2. The van der Waals surface area contributed by atoms with Crippen LogP contribution < -0.4 is 11.1 Å². The third-order valence-electron chi connectivity index (χ3n) is 4.39. The fraction of sp³-hybridized carbons (Fsp3) is 0.933. The molecule has 3 N–H and O–H groups in total. The van der Waals surface area contributed by atoms with Crippen LogP contribution in [0.15, 0.2) is 4.99 Å². The van der Waals surface area contributed by atoms with Crippen molar-refractivity contribution in [1.29, 1.82) is 0 Å². The molecule has 0 spiro atoms. The molecular formula is C15H33N5. The number of likely N-dealkylation sites (tertiary alicyclic amines) is 1. The van der Waals surface area contributed by atoms with Crippen LogP contribution in [0.4, 0.5) is 0 Å². The zero-order chi connectivity index (χ0) is 15.0. The number of hydrogen-bond donors (Lipinski definition) is 2. The van der Waals surface area contributed by atoms with E-state index in [1.807, 2.05) is 0 Å². The van der Waals surface area contributed by atoms with Crippen molar-refractivity contribution >= 4 is 5.96 Å². The van der Waals surface area contributed by atoms with Crippen molar-refractivity contribution < 1.29 is 0 Å². The van der Waals surface area contributed by atoms with Gasteiger partial charge in [0.2, 0.25) is 0 Å². The fourth-order valence-corrected chi connectivity index (χ4v) is 3.01. The molecule has 1 aliphatic rings. The van der Waals surface area contributed by atoms with Crippen LogP contribution in [0.1, 0.15) is 40.5 Å². The van der Waals surface area contributed by atoms with Crippen LogP contribution in [0.3, 0.4) is 0 Å². The van der Waals surface area contributed by atoms with E-state index in [2.05, 4.69) is 47.8 Å². The number of hydrogen-bond acceptors (Lipinski definition) is 3. The summed E-state index contributed by atoms with van der Waals surface area (Å²) in [6.07, 6.45) is 2.57. The highest BCUT2D eigenvalue weighted by Crippen LogP contribution is 2.15. The lowest BCUT2D eigenvalue weighted by molar-refractivity contribution is 0.236. The zero-order valence-corrected chi connectivity index (χ0v) is 13.7. The number of guanidine groups is 1. The van der Waals surface area contributed by atoms with Crippen LogP contribution in [-0.2, 0) is 0 Å². The molecule has 0 amide bonds. The van der Waals surface area contributed by atoms with Gasteiger partial charge in [-0.1, -0.05) is 20.8 Å². The Hall–Kier alpha value is -0.810. The lowest BCUT2D eigenvalue weighted by Crippen LogP contribution is -2.43. The van der Waals surface area contributed by atoms with Gasteiger partial charge in [-0.2, -0.15) is 0 Å². The average molecular weight is 283 g/mol. The van der Waals surface area contributed by atoms with Crippen LogP contribution in [0, 0.1) is 0 Å². The smallest absolute Gasteiger partial charge is 0.188 e. The van der Waals surface area contributed by atoms with Crippen LogP contribution >= 0.6 is 0 Å². The summed E-state index contributed by atoms with van der Waals surface area (Å²) in [6.45, 7) is 15.0. The maximum absolute atomic E-state index is 5.97. The van der Waals surface area contributed by atoms with Crippen LogP contribution in [0.2, 0.25) is 0 Å². The third kappa shape index (κ3) is 5.29. The summed E-state index contributed by atoms with van der Waals surface area (Å²) in [7, 11) is 0. The van der Waals surface area contributed by atoms with E-state index in [1.165, 1.54) is 19.4 Å². The molecule has 5 heteroatoms. The molecule has 0 aromatic carbocycles. The van der Waals surface area contributed by atoms with Crippen molar-refractivity contribution in [3.8, 4) is 0 Å². The van der Waals surface area contributed by atoms with Crippen molar-refractivity contribution in [1.82, 2.24) is 15.1 Å². The first-order chi connectivity index (χ1) is 9.62. The Morgan fingerprint density at radius 3 is 2.70 bits per heavy atom. The molecule has 1 aliphatic heterocycles. The Kier molecular flexibility index (Phi) is 7.92. The first-order valence-corrected chi connectivity index (χ1v) is 8.14. The summed E-state index contributed by atoms with van der Waals surface area (Å²) >= 11 is 0. The van der Waals surface area contributed by atoms with E-state index in [9.17, 15) is 0 Å². The molecule has 0 saturated carbocycles. The van der Waals surface area contributed by atoms with Gasteiger partial charge < -0.3 is 11.1 Å². The highest BCUT2D eigenvalue weighted by molar-refractivity contribution is 5.77. The van der Waals surface area contributed by atoms with Crippen molar-refractivity contribution in [2.45, 2.75) is 52.6 Å². The van der Waals surface area contributed by atoms with Gasteiger partial charge in [0.05, 0.1) is 6.54 Å². The van der Waals surface area contributed by atoms with Crippen molar-refractivity contribution in [3.05, 3.63) is 0 Å². The van der Waals surface area contributed by atoms with E-state index in [-0.39, 0.29) is 0 Å². The number of nitrogens with one attached hydrogen (secondary N) is 1. The minimum Gasteiger partial charge on any atom is -0.370 e. The SMILES string of the molecule is CCN(CC)C(C)CN=C(N)NCC1CCCN1CC. The molecule has 1 rings (SSSR count). The van der Waals surface area contributed by atoms with Gasteiger partial charge in [-0.25, -0.2) is 0 Å². The van der Waals surface area contributed by atoms with E-state index in [0.717, 1.165) is 32.7 Å². The molecule has 1 heterocycles. The van der Waals surface area contributed by atoms with Crippen LogP contribution in [-0.4, -0.2) is 67.1 Å². The largest absolute Gasteiger partial charge is 0.370 e. The van der Waals surface area contributed by atoms with Gasteiger partial charge in [-0.05, 0) is 45.9 Å². The second-order valence-corrected chi connectivity index (χ2v) is 5.60. The molecule has 1 saturated heterocycles. The minimum absolute atomic E-state index is 0.448. The topological polar surface area (TPSA) is 56.9 Å². The van der Waals surface area contributed by atoms with Crippen molar-refractivity contribution in [3.63, 3.8) is 0 Å². The summed E-state index contributed by atoms with van der Waals surface area (Å²) in [5.41, 5.74) is 5.97. The summed E-state index contributed by atoms with van der Waals surface area (Å²) in [4.78, 5) is 9.38. The summed E-state index contributed by atoms with van der Waals surface area (Å²) in [5, 5.41) is 3.29. The first-order valence-electron chi connectivity index (χ1n) is 8.14. The Morgan fingerprint density at radius 1 is 1.40 bits per heavy atom. The van der Waals surface area contributed by atoms with Crippen molar-refractivity contribution in [2.24, 2.45) is 10.7 Å². The van der Waals surface area contributed by atoms with E-state index in [4.69, 9.17) is 5.73 Å². The van der Waals surface area contributed by atoms with Gasteiger partial charge in [-0.15, -0.1) is 0 Å². The van der Waals surface area contributed by atoms with Gasteiger partial charge in [0.1, 0.15) is 0 Å². The molecule has 5 nitrogen and oxygen atoms in total. The molecule has 0 aromatic rings. The van der Waals surface area contributed by atoms with Crippen LogP contribution in [0.5, 0.6) is 0 Å². The second-order valence-electron chi connectivity index (χ2n) is 5.60. The minimum atomic E-state index is 0.448. The Labute approximate surface area is 124 Å². The summed E-state index contributed by atoms with van der Waals surface area (Å²) < 4.78 is 0. The normalized spacial score (nSPS) is 22.4. The average Bonchev–Trinajstić information content (AvgIpc) is 2.91. The number of aliphatic imine (C=N–C) groups is 1. The molecule has 118 valence electrons.